The Labute approximate surface area is 181 Å². The maximum absolute atomic E-state index is 12.8. The van der Waals surface area contributed by atoms with Crippen molar-refractivity contribution in [2.45, 2.75) is 13.1 Å². The Morgan fingerprint density at radius 1 is 1.13 bits per heavy atom. The molecule has 0 unspecified atom stereocenters. The van der Waals surface area contributed by atoms with E-state index in [9.17, 15) is 18.0 Å². The second kappa shape index (κ2) is 8.12. The number of hydrogen-bond donors (Lipinski definition) is 2. The van der Waals surface area contributed by atoms with Crippen molar-refractivity contribution in [1.82, 2.24) is 15.0 Å². The normalized spacial score (nSPS) is 11.5. The first-order valence-electron chi connectivity index (χ1n) is 8.75. The molecular weight excluding hydrogens is 451 g/mol. The fourth-order valence-corrected chi connectivity index (χ4v) is 4.46. The molecule has 31 heavy (non-hydrogen) atoms. The first-order valence-corrected chi connectivity index (χ1v) is 10.4. The van der Waals surface area contributed by atoms with E-state index in [0.717, 1.165) is 17.7 Å². The summed E-state index contributed by atoms with van der Waals surface area (Å²) in [5.74, 6) is -0.101. The van der Waals surface area contributed by atoms with Crippen molar-refractivity contribution >= 4 is 61.3 Å². The molecule has 0 atom stereocenters. The van der Waals surface area contributed by atoms with Gasteiger partial charge in [0.25, 0.3) is 0 Å². The van der Waals surface area contributed by atoms with Gasteiger partial charge < -0.3 is 15.4 Å². The summed E-state index contributed by atoms with van der Waals surface area (Å²) in [5, 5.41) is 8.43. The van der Waals surface area contributed by atoms with E-state index >= 15 is 0 Å². The Morgan fingerprint density at radius 2 is 1.87 bits per heavy atom. The SMILES string of the molecule is COC(=O)c1scc(C)c1Nc1nc2c(Nc3ccc(C(F)(F)F)cc3)ncnc2s1. The van der Waals surface area contributed by atoms with E-state index in [2.05, 4.69) is 25.6 Å². The zero-order valence-corrected chi connectivity index (χ0v) is 17.7. The number of esters is 1. The molecule has 0 fully saturated rings. The lowest BCUT2D eigenvalue weighted by Gasteiger charge is -2.09. The monoisotopic (exact) mass is 465 g/mol. The van der Waals surface area contributed by atoms with E-state index in [-0.39, 0.29) is 0 Å². The van der Waals surface area contributed by atoms with Crippen LogP contribution in [0.1, 0.15) is 20.8 Å². The number of halogens is 3. The highest BCUT2D eigenvalue weighted by molar-refractivity contribution is 7.22. The standard InChI is InChI=1S/C19H14F3N5O2S2/c1-9-7-30-14(17(28)29-2)12(9)26-18-27-13-15(23-8-24-16(13)31-18)25-11-5-3-10(4-6-11)19(20,21)22/h3-8H,1-2H3,(H,26,27)(H,23,24,25). The molecule has 160 valence electrons. The van der Waals surface area contributed by atoms with Crippen LogP contribution in [-0.4, -0.2) is 28.0 Å². The molecule has 12 heteroatoms. The second-order valence-electron chi connectivity index (χ2n) is 6.33. The van der Waals surface area contributed by atoms with Crippen molar-refractivity contribution in [3.63, 3.8) is 0 Å². The maximum atomic E-state index is 12.8. The van der Waals surface area contributed by atoms with E-state index in [0.29, 0.717) is 37.5 Å². The van der Waals surface area contributed by atoms with Crippen LogP contribution < -0.4 is 10.6 Å². The van der Waals surface area contributed by atoms with Crippen molar-refractivity contribution in [2.24, 2.45) is 0 Å². The molecule has 0 radical (unpaired) electrons. The van der Waals surface area contributed by atoms with Gasteiger partial charge in [-0.05, 0) is 42.1 Å². The number of methoxy groups -OCH3 is 1. The minimum atomic E-state index is -4.40. The smallest absolute Gasteiger partial charge is 0.416 e. The number of nitrogens with one attached hydrogen (secondary N) is 2. The van der Waals surface area contributed by atoms with Gasteiger partial charge in [0.1, 0.15) is 16.7 Å². The minimum Gasteiger partial charge on any atom is -0.465 e. The largest absolute Gasteiger partial charge is 0.465 e. The highest BCUT2D eigenvalue weighted by Crippen LogP contribution is 2.36. The van der Waals surface area contributed by atoms with Gasteiger partial charge in [0, 0.05) is 5.69 Å². The summed E-state index contributed by atoms with van der Waals surface area (Å²) in [6.45, 7) is 1.86. The van der Waals surface area contributed by atoms with Crippen LogP contribution in [0.2, 0.25) is 0 Å². The van der Waals surface area contributed by atoms with Gasteiger partial charge >= 0.3 is 12.1 Å². The van der Waals surface area contributed by atoms with Crippen LogP contribution in [0.4, 0.5) is 35.5 Å². The quantitative estimate of drug-likeness (QED) is 0.363. The summed E-state index contributed by atoms with van der Waals surface area (Å²) in [7, 11) is 1.31. The molecule has 0 saturated heterocycles. The molecule has 0 aliphatic heterocycles. The number of hydrogen-bond acceptors (Lipinski definition) is 9. The number of aromatic nitrogens is 3. The molecule has 0 aliphatic rings. The topological polar surface area (TPSA) is 89.0 Å². The van der Waals surface area contributed by atoms with Crippen LogP contribution in [0.15, 0.2) is 36.0 Å². The number of fused-ring (bicyclic) bond motifs is 1. The van der Waals surface area contributed by atoms with Crippen LogP contribution >= 0.6 is 22.7 Å². The number of thiazole rings is 1. The van der Waals surface area contributed by atoms with Gasteiger partial charge in [0.05, 0.1) is 18.4 Å². The fourth-order valence-electron chi connectivity index (χ4n) is 2.73. The van der Waals surface area contributed by atoms with E-state index in [1.54, 1.807) is 0 Å². The van der Waals surface area contributed by atoms with E-state index in [1.165, 1.54) is 48.2 Å². The van der Waals surface area contributed by atoms with Crippen molar-refractivity contribution < 1.29 is 22.7 Å². The summed E-state index contributed by atoms with van der Waals surface area (Å²) in [6, 6.07) is 4.62. The number of rotatable bonds is 5. The van der Waals surface area contributed by atoms with E-state index < -0.39 is 17.7 Å². The number of aryl methyl sites for hydroxylation is 1. The zero-order valence-electron chi connectivity index (χ0n) is 16.1. The average Bonchev–Trinajstić information content (AvgIpc) is 3.31. The van der Waals surface area contributed by atoms with Gasteiger partial charge in [-0.15, -0.1) is 11.3 Å². The van der Waals surface area contributed by atoms with Crippen molar-refractivity contribution in [3.8, 4) is 0 Å². The summed E-state index contributed by atoms with van der Waals surface area (Å²) < 4.78 is 43.1. The van der Waals surface area contributed by atoms with Gasteiger partial charge in [-0.2, -0.15) is 13.2 Å². The van der Waals surface area contributed by atoms with E-state index in [4.69, 9.17) is 4.74 Å². The third-order valence-electron chi connectivity index (χ3n) is 4.25. The summed E-state index contributed by atoms with van der Waals surface area (Å²) in [5.41, 5.74) is 1.60. The summed E-state index contributed by atoms with van der Waals surface area (Å²) >= 11 is 2.52. The molecule has 3 aromatic heterocycles. The minimum absolute atomic E-state index is 0.351. The predicted molar refractivity (Wildman–Crippen MR) is 114 cm³/mol. The molecule has 4 rings (SSSR count). The van der Waals surface area contributed by atoms with Gasteiger partial charge in [0.2, 0.25) is 0 Å². The van der Waals surface area contributed by atoms with Crippen molar-refractivity contribution in [3.05, 3.63) is 52.0 Å². The van der Waals surface area contributed by atoms with Crippen LogP contribution in [0.25, 0.3) is 10.3 Å². The Bertz CT molecular complexity index is 1250. The number of ether oxygens (including phenoxy) is 1. The Morgan fingerprint density at radius 3 is 2.55 bits per heavy atom. The molecule has 2 N–H and O–H groups in total. The first-order chi connectivity index (χ1) is 14.8. The lowest BCUT2D eigenvalue weighted by molar-refractivity contribution is -0.137. The Balaban J connectivity index is 1.62. The number of carbonyl (C=O) groups excluding carboxylic acids is 1. The third kappa shape index (κ3) is 4.30. The van der Waals surface area contributed by atoms with E-state index in [1.807, 2.05) is 12.3 Å². The molecule has 0 saturated carbocycles. The summed E-state index contributed by atoms with van der Waals surface area (Å²) in [6.07, 6.45) is -3.06. The number of alkyl halides is 3. The number of anilines is 4. The van der Waals surface area contributed by atoms with Crippen LogP contribution in [0.5, 0.6) is 0 Å². The van der Waals surface area contributed by atoms with Gasteiger partial charge in [-0.25, -0.2) is 19.7 Å². The molecule has 3 heterocycles. The average molecular weight is 465 g/mol. The number of thiophene rings is 1. The maximum Gasteiger partial charge on any atom is 0.416 e. The predicted octanol–water partition coefficient (Wildman–Crippen LogP) is 5.75. The zero-order chi connectivity index (χ0) is 22.2. The summed E-state index contributed by atoms with van der Waals surface area (Å²) in [4.78, 5) is 25.8. The van der Waals surface area contributed by atoms with Crippen LogP contribution in [-0.2, 0) is 10.9 Å². The lowest BCUT2D eigenvalue weighted by atomic mass is 10.2. The molecule has 4 aromatic rings. The number of carbonyl (C=O) groups is 1. The fraction of sp³-hybridized carbons (Fsp3) is 0.158. The van der Waals surface area contributed by atoms with Gasteiger partial charge in [0.15, 0.2) is 15.8 Å². The first kappa shape index (κ1) is 21.0. The molecule has 0 amide bonds. The second-order valence-corrected chi connectivity index (χ2v) is 8.19. The van der Waals surface area contributed by atoms with Crippen molar-refractivity contribution in [2.75, 3.05) is 17.7 Å². The molecule has 7 nitrogen and oxygen atoms in total. The Kier molecular flexibility index (Phi) is 5.50. The molecule has 0 aliphatic carbocycles. The van der Waals surface area contributed by atoms with Gasteiger partial charge in [-0.3, -0.25) is 0 Å². The van der Waals surface area contributed by atoms with Crippen LogP contribution in [0, 0.1) is 6.92 Å². The highest BCUT2D eigenvalue weighted by Gasteiger charge is 2.30. The molecule has 0 bridgehead atoms. The molecular formula is C19H14F3N5O2S2. The van der Waals surface area contributed by atoms with Crippen LogP contribution in [0.3, 0.4) is 0 Å². The van der Waals surface area contributed by atoms with Gasteiger partial charge in [-0.1, -0.05) is 11.3 Å². The molecule has 0 spiro atoms. The highest BCUT2D eigenvalue weighted by atomic mass is 32.1. The van der Waals surface area contributed by atoms with Crippen molar-refractivity contribution in [1.29, 1.82) is 0 Å². The Hall–Kier alpha value is -3.25. The molecule has 1 aromatic carbocycles. The lowest BCUT2D eigenvalue weighted by Crippen LogP contribution is -2.04. The number of nitrogens with zero attached hydrogens (tertiary/aromatic N) is 3. The number of benzene rings is 1. The third-order valence-corrected chi connectivity index (χ3v) is 6.20.